The molecule has 1 unspecified atom stereocenters. The highest BCUT2D eigenvalue weighted by molar-refractivity contribution is 8.03. The summed E-state index contributed by atoms with van der Waals surface area (Å²) in [5.41, 5.74) is 0.883. The van der Waals surface area contributed by atoms with Crippen LogP contribution in [0.3, 0.4) is 0 Å². The van der Waals surface area contributed by atoms with Crippen LogP contribution in [0.4, 0.5) is 5.69 Å². The average Bonchev–Trinajstić information content (AvgIpc) is 1.88. The minimum Gasteiger partial charge on any atom is -0.352 e. The van der Waals surface area contributed by atoms with Crippen LogP contribution in [0.2, 0.25) is 0 Å². The number of benzene rings is 1. The van der Waals surface area contributed by atoms with E-state index in [-0.39, 0.29) is 0 Å². The van der Waals surface area contributed by atoms with Crippen molar-refractivity contribution in [2.75, 3.05) is 5.09 Å². The van der Waals surface area contributed by atoms with Crippen molar-refractivity contribution in [3.05, 3.63) is 30.3 Å². The van der Waals surface area contributed by atoms with Crippen molar-refractivity contribution in [3.8, 4) is 0 Å². The molecule has 0 saturated carbocycles. The maximum atomic E-state index is 8.81. The third-order valence-corrected chi connectivity index (χ3v) is 1.83. The Hall–Kier alpha value is -0.370. The maximum absolute atomic E-state index is 8.81. The van der Waals surface area contributed by atoms with E-state index in [9.17, 15) is 0 Å². The van der Waals surface area contributed by atoms with E-state index in [4.69, 9.17) is 4.89 Å². The van der Waals surface area contributed by atoms with Crippen molar-refractivity contribution in [3.63, 3.8) is 0 Å². The lowest BCUT2D eigenvalue weighted by molar-refractivity contribution is 0.648. The van der Waals surface area contributed by atoms with Crippen molar-refractivity contribution in [1.82, 2.24) is 0 Å². The molecule has 0 amide bonds. The van der Waals surface area contributed by atoms with Crippen LogP contribution in [-0.4, -0.2) is 4.89 Å². The molecule has 0 heterocycles. The first-order valence-electron chi connectivity index (χ1n) is 2.84. The second-order valence-electron chi connectivity index (χ2n) is 1.80. The Balaban J connectivity index is 2.67. The van der Waals surface area contributed by atoms with E-state index in [1.54, 1.807) is 0 Å². The van der Waals surface area contributed by atoms with E-state index < -0.39 is 7.07 Å². The zero-order valence-electron chi connectivity index (χ0n) is 5.24. The Bertz CT molecular complexity index is 226. The van der Waals surface area contributed by atoms with Gasteiger partial charge in [-0.3, -0.25) is 0 Å². The summed E-state index contributed by atoms with van der Waals surface area (Å²) in [4.78, 5) is 8.81. The van der Waals surface area contributed by atoms with Crippen LogP contribution < -0.4 is 5.09 Å². The first kappa shape index (κ1) is 7.73. The Labute approximate surface area is 65.5 Å². The maximum Gasteiger partial charge on any atom is 0.138 e. The molecule has 0 fully saturated rings. The van der Waals surface area contributed by atoms with Crippen LogP contribution in [-0.2, 0) is 11.8 Å². The van der Waals surface area contributed by atoms with E-state index >= 15 is 0 Å². The molecular weight excluding hydrogens is 165 g/mol. The van der Waals surface area contributed by atoms with Gasteiger partial charge in [-0.1, -0.05) is 18.2 Å². The quantitative estimate of drug-likeness (QED) is 0.666. The lowest BCUT2D eigenvalue weighted by atomic mass is 10.3. The van der Waals surface area contributed by atoms with Gasteiger partial charge in [-0.15, -0.1) is 0 Å². The predicted molar refractivity (Wildman–Crippen MR) is 48.0 cm³/mol. The van der Waals surface area contributed by atoms with Crippen molar-refractivity contribution in [2.45, 2.75) is 0 Å². The van der Waals surface area contributed by atoms with E-state index in [1.807, 2.05) is 30.3 Å². The second kappa shape index (κ2) is 3.71. The number of hydrogen-bond donors (Lipinski definition) is 2. The van der Waals surface area contributed by atoms with Crippen LogP contribution in [0.1, 0.15) is 0 Å². The summed E-state index contributed by atoms with van der Waals surface area (Å²) < 4.78 is 0. The van der Waals surface area contributed by atoms with Crippen LogP contribution in [0, 0.1) is 0 Å². The molecule has 4 heteroatoms. The molecule has 54 valence electrons. The topological polar surface area (TPSA) is 32.3 Å². The van der Waals surface area contributed by atoms with Crippen LogP contribution in [0.25, 0.3) is 0 Å². The molecule has 1 rings (SSSR count). The molecule has 1 atom stereocenters. The summed E-state index contributed by atoms with van der Waals surface area (Å²) in [5.74, 6) is 0. The third-order valence-electron chi connectivity index (χ3n) is 1.03. The third kappa shape index (κ3) is 2.48. The average molecular weight is 173 g/mol. The fourth-order valence-corrected chi connectivity index (χ4v) is 1.41. The smallest absolute Gasteiger partial charge is 0.138 e. The zero-order valence-corrected chi connectivity index (χ0v) is 7.06. The molecule has 0 aromatic heterocycles. The highest BCUT2D eigenvalue weighted by Gasteiger charge is 1.86. The Morgan fingerprint density at radius 3 is 2.40 bits per heavy atom. The van der Waals surface area contributed by atoms with Gasteiger partial charge in [0.15, 0.2) is 0 Å². The lowest BCUT2D eigenvalue weighted by Gasteiger charge is -2.01. The van der Waals surface area contributed by atoms with Crippen molar-refractivity contribution >= 4 is 24.6 Å². The molecule has 10 heavy (non-hydrogen) atoms. The molecule has 0 aliphatic heterocycles. The molecule has 0 aliphatic carbocycles. The van der Waals surface area contributed by atoms with E-state index in [0.717, 1.165) is 5.69 Å². The van der Waals surface area contributed by atoms with Gasteiger partial charge in [0.2, 0.25) is 0 Å². The first-order chi connectivity index (χ1) is 4.79. The highest BCUT2D eigenvalue weighted by Crippen LogP contribution is 2.18. The molecule has 0 aliphatic rings. The van der Waals surface area contributed by atoms with Gasteiger partial charge in [0.25, 0.3) is 0 Å². The van der Waals surface area contributed by atoms with Gasteiger partial charge in [0.1, 0.15) is 7.07 Å². The summed E-state index contributed by atoms with van der Waals surface area (Å²) in [6, 6.07) is 9.43. The van der Waals surface area contributed by atoms with Gasteiger partial charge in [0, 0.05) is 5.69 Å². The fraction of sp³-hybridized carbons (Fsp3) is 0. The van der Waals surface area contributed by atoms with Crippen molar-refractivity contribution in [2.24, 2.45) is 0 Å². The number of rotatable bonds is 2. The molecule has 0 radical (unpaired) electrons. The molecule has 0 bridgehead atoms. The molecule has 2 nitrogen and oxygen atoms in total. The summed E-state index contributed by atoms with van der Waals surface area (Å²) in [6.07, 6.45) is 0. The SMILES string of the molecule is O[PH](=S)Nc1ccccc1. The highest BCUT2D eigenvalue weighted by atomic mass is 32.4. The van der Waals surface area contributed by atoms with Crippen LogP contribution in [0.15, 0.2) is 30.3 Å². The first-order valence-corrected chi connectivity index (χ1v) is 5.42. The zero-order chi connectivity index (χ0) is 7.40. The lowest BCUT2D eigenvalue weighted by Crippen LogP contribution is -1.82. The van der Waals surface area contributed by atoms with Gasteiger partial charge >= 0.3 is 0 Å². The monoisotopic (exact) mass is 173 g/mol. The Morgan fingerprint density at radius 2 is 1.90 bits per heavy atom. The largest absolute Gasteiger partial charge is 0.352 e. The van der Waals surface area contributed by atoms with Gasteiger partial charge in [0.05, 0.1) is 0 Å². The second-order valence-corrected chi connectivity index (χ2v) is 3.82. The van der Waals surface area contributed by atoms with E-state index in [0.29, 0.717) is 0 Å². The predicted octanol–water partition coefficient (Wildman–Crippen LogP) is 1.60. The van der Waals surface area contributed by atoms with E-state index in [1.165, 1.54) is 0 Å². The Kier molecular flexibility index (Phi) is 2.87. The van der Waals surface area contributed by atoms with Crippen LogP contribution >= 0.6 is 7.07 Å². The minimum absolute atomic E-state index is 0.883. The van der Waals surface area contributed by atoms with Crippen molar-refractivity contribution < 1.29 is 4.89 Å². The van der Waals surface area contributed by atoms with Gasteiger partial charge in [-0.05, 0) is 23.9 Å². The number of para-hydroxylation sites is 1. The number of nitrogens with one attached hydrogen (secondary N) is 1. The molecule has 2 N–H and O–H groups in total. The van der Waals surface area contributed by atoms with Gasteiger partial charge in [-0.25, -0.2) is 0 Å². The number of hydrogen-bond acceptors (Lipinski definition) is 1. The van der Waals surface area contributed by atoms with Gasteiger partial charge in [-0.2, -0.15) is 0 Å². The summed E-state index contributed by atoms with van der Waals surface area (Å²) in [6.45, 7) is 0. The minimum atomic E-state index is -1.75. The van der Waals surface area contributed by atoms with Gasteiger partial charge < -0.3 is 9.98 Å². The normalized spacial score (nSPS) is 12.5. The molecule has 0 spiro atoms. The Morgan fingerprint density at radius 1 is 1.30 bits per heavy atom. The standard InChI is InChI=1S/C6H8NOPS/c8-9(10)7-6-4-2-1-3-5-6/h1-5,9H,(H2,7,8,10). The summed E-state index contributed by atoms with van der Waals surface area (Å²) >= 11 is 4.61. The molecular formula is C6H8NOPS. The molecule has 1 aromatic rings. The summed E-state index contributed by atoms with van der Waals surface area (Å²) in [7, 11) is -1.75. The van der Waals surface area contributed by atoms with Crippen molar-refractivity contribution in [1.29, 1.82) is 0 Å². The molecule has 0 saturated heterocycles. The number of anilines is 1. The fourth-order valence-electron chi connectivity index (χ4n) is 0.645. The summed E-state index contributed by atoms with van der Waals surface area (Å²) in [5, 5.41) is 2.78. The van der Waals surface area contributed by atoms with E-state index in [2.05, 4.69) is 16.9 Å². The molecule has 1 aromatic carbocycles. The van der Waals surface area contributed by atoms with Crippen LogP contribution in [0.5, 0.6) is 0 Å².